The Bertz CT molecular complexity index is 299. The molecule has 0 aromatic heterocycles. The molecule has 0 radical (unpaired) electrons. The summed E-state index contributed by atoms with van der Waals surface area (Å²) in [7, 11) is 0. The van der Waals surface area contributed by atoms with Gasteiger partial charge in [0.2, 0.25) is 0 Å². The van der Waals surface area contributed by atoms with Gasteiger partial charge in [0, 0.05) is 9.30 Å². The highest BCUT2D eigenvalue weighted by Gasteiger charge is 2.05. The number of hydrogen-bond acceptors (Lipinski definition) is 0. The van der Waals surface area contributed by atoms with E-state index in [1.807, 2.05) is 6.07 Å². The summed E-state index contributed by atoms with van der Waals surface area (Å²) in [6.45, 7) is 2.15. The van der Waals surface area contributed by atoms with Crippen molar-refractivity contribution in [1.29, 1.82) is 0 Å². The average Bonchev–Trinajstić information content (AvgIpc) is 2.16. The van der Waals surface area contributed by atoms with Crippen LogP contribution < -0.4 is 0 Å². The molecule has 0 aliphatic heterocycles. The van der Waals surface area contributed by atoms with Crippen molar-refractivity contribution < 1.29 is 4.39 Å². The smallest absolute Gasteiger partial charge is 0.124 e. The molecule has 0 saturated carbocycles. The van der Waals surface area contributed by atoms with Crippen LogP contribution in [0.2, 0.25) is 0 Å². The second-order valence-electron chi connectivity index (χ2n) is 3.28. The molecule has 14 heavy (non-hydrogen) atoms. The van der Waals surface area contributed by atoms with Gasteiger partial charge in [-0.2, -0.15) is 0 Å². The maximum Gasteiger partial charge on any atom is 0.124 e. The van der Waals surface area contributed by atoms with E-state index in [0.717, 1.165) is 23.7 Å². The highest BCUT2D eigenvalue weighted by molar-refractivity contribution is 9.10. The second-order valence-corrected chi connectivity index (χ2v) is 5.43. The minimum atomic E-state index is -0.188. The summed E-state index contributed by atoms with van der Waals surface area (Å²) in [5, 5.41) is 0. The van der Waals surface area contributed by atoms with Gasteiger partial charge in [-0.25, -0.2) is 4.39 Å². The Morgan fingerprint density at radius 1 is 1.43 bits per heavy atom. The summed E-state index contributed by atoms with van der Waals surface area (Å²) >= 11 is 6.95. The van der Waals surface area contributed by atoms with Crippen molar-refractivity contribution >= 4 is 31.9 Å². The number of halogens is 3. The van der Waals surface area contributed by atoms with Gasteiger partial charge in [0.15, 0.2) is 0 Å². The van der Waals surface area contributed by atoms with E-state index < -0.39 is 0 Å². The molecule has 0 fully saturated rings. The van der Waals surface area contributed by atoms with E-state index >= 15 is 0 Å². The SMILES string of the molecule is CCC(Br)CCc1ccc(F)cc1Br. The molecule has 1 rings (SSSR count). The number of benzene rings is 1. The first-order valence-corrected chi connectivity index (χ1v) is 6.42. The van der Waals surface area contributed by atoms with Crippen molar-refractivity contribution in [2.45, 2.75) is 31.0 Å². The van der Waals surface area contributed by atoms with E-state index in [4.69, 9.17) is 0 Å². The summed E-state index contributed by atoms with van der Waals surface area (Å²) in [5.41, 5.74) is 1.17. The summed E-state index contributed by atoms with van der Waals surface area (Å²) in [5.74, 6) is -0.188. The molecule has 0 saturated heterocycles. The van der Waals surface area contributed by atoms with Crippen molar-refractivity contribution in [3.8, 4) is 0 Å². The summed E-state index contributed by atoms with van der Waals surface area (Å²) in [6.07, 6.45) is 3.18. The quantitative estimate of drug-likeness (QED) is 0.705. The minimum Gasteiger partial charge on any atom is -0.207 e. The third-order valence-electron chi connectivity index (χ3n) is 2.18. The molecule has 0 N–H and O–H groups in total. The maximum absolute atomic E-state index is 12.8. The fraction of sp³-hybridized carbons (Fsp3) is 0.455. The number of rotatable bonds is 4. The van der Waals surface area contributed by atoms with Gasteiger partial charge in [-0.3, -0.25) is 0 Å². The maximum atomic E-state index is 12.8. The average molecular weight is 324 g/mol. The van der Waals surface area contributed by atoms with Crippen LogP contribution in [0, 0.1) is 5.82 Å². The van der Waals surface area contributed by atoms with Gasteiger partial charge >= 0.3 is 0 Å². The Morgan fingerprint density at radius 2 is 2.14 bits per heavy atom. The lowest BCUT2D eigenvalue weighted by Gasteiger charge is -2.07. The van der Waals surface area contributed by atoms with Crippen LogP contribution in [0.4, 0.5) is 4.39 Å². The summed E-state index contributed by atoms with van der Waals surface area (Å²) < 4.78 is 13.6. The predicted octanol–water partition coefficient (Wildman–Crippen LogP) is 4.69. The molecule has 0 aliphatic carbocycles. The van der Waals surface area contributed by atoms with Gasteiger partial charge in [-0.15, -0.1) is 0 Å². The zero-order valence-corrected chi connectivity index (χ0v) is 11.2. The second kappa shape index (κ2) is 5.86. The lowest BCUT2D eigenvalue weighted by Crippen LogP contribution is -1.98. The molecule has 1 aromatic rings. The van der Waals surface area contributed by atoms with Crippen LogP contribution in [-0.2, 0) is 6.42 Å². The fourth-order valence-electron chi connectivity index (χ4n) is 1.24. The van der Waals surface area contributed by atoms with Gasteiger partial charge in [-0.1, -0.05) is 44.8 Å². The zero-order chi connectivity index (χ0) is 10.6. The Hall–Kier alpha value is 0.110. The van der Waals surface area contributed by atoms with Gasteiger partial charge in [0.1, 0.15) is 5.82 Å². The summed E-state index contributed by atoms with van der Waals surface area (Å²) in [6, 6.07) is 4.87. The molecule has 1 aromatic carbocycles. The largest absolute Gasteiger partial charge is 0.207 e. The first kappa shape index (κ1) is 12.2. The highest BCUT2D eigenvalue weighted by Crippen LogP contribution is 2.21. The normalized spacial score (nSPS) is 12.9. The van der Waals surface area contributed by atoms with Crippen molar-refractivity contribution in [3.05, 3.63) is 34.1 Å². The summed E-state index contributed by atoms with van der Waals surface area (Å²) in [4.78, 5) is 0.555. The standard InChI is InChI=1S/C11H13Br2F/c1-2-9(12)5-3-8-4-6-10(14)7-11(8)13/h4,6-7,9H,2-3,5H2,1H3. The molecule has 1 unspecified atom stereocenters. The van der Waals surface area contributed by atoms with Crippen molar-refractivity contribution in [2.24, 2.45) is 0 Å². The van der Waals surface area contributed by atoms with Gasteiger partial charge in [-0.05, 0) is 37.0 Å². The number of aryl methyl sites for hydroxylation is 1. The Morgan fingerprint density at radius 3 is 2.71 bits per heavy atom. The molecule has 0 aliphatic rings. The third-order valence-corrected chi connectivity index (χ3v) is 4.03. The van der Waals surface area contributed by atoms with Gasteiger partial charge < -0.3 is 0 Å². The molecule has 3 heteroatoms. The topological polar surface area (TPSA) is 0 Å². The van der Waals surface area contributed by atoms with Crippen LogP contribution in [0.3, 0.4) is 0 Å². The van der Waals surface area contributed by atoms with E-state index in [1.54, 1.807) is 0 Å². The number of hydrogen-bond donors (Lipinski definition) is 0. The van der Waals surface area contributed by atoms with Gasteiger partial charge in [0.05, 0.1) is 0 Å². The minimum absolute atomic E-state index is 0.188. The van der Waals surface area contributed by atoms with Crippen molar-refractivity contribution in [1.82, 2.24) is 0 Å². The zero-order valence-electron chi connectivity index (χ0n) is 8.06. The number of alkyl halides is 1. The van der Waals surface area contributed by atoms with Crippen LogP contribution in [0.15, 0.2) is 22.7 Å². The van der Waals surface area contributed by atoms with E-state index in [9.17, 15) is 4.39 Å². The lowest BCUT2D eigenvalue weighted by molar-refractivity contribution is 0.625. The Labute approximate surface area is 101 Å². The van der Waals surface area contributed by atoms with Crippen molar-refractivity contribution in [3.63, 3.8) is 0 Å². The van der Waals surface area contributed by atoms with Crippen molar-refractivity contribution in [2.75, 3.05) is 0 Å². The lowest BCUT2D eigenvalue weighted by atomic mass is 10.1. The third kappa shape index (κ3) is 3.70. The molecular weight excluding hydrogens is 311 g/mol. The van der Waals surface area contributed by atoms with E-state index in [1.165, 1.54) is 17.7 Å². The molecule has 0 amide bonds. The molecule has 0 heterocycles. The van der Waals surface area contributed by atoms with Crippen LogP contribution in [0.1, 0.15) is 25.3 Å². The first-order chi connectivity index (χ1) is 6.63. The van der Waals surface area contributed by atoms with Crippen LogP contribution in [0.5, 0.6) is 0 Å². The first-order valence-electron chi connectivity index (χ1n) is 4.71. The Balaban J connectivity index is 2.59. The molecule has 0 spiro atoms. The molecule has 78 valence electrons. The highest BCUT2D eigenvalue weighted by atomic mass is 79.9. The fourth-order valence-corrected chi connectivity index (χ4v) is 2.02. The molecular formula is C11H13Br2F. The van der Waals surface area contributed by atoms with E-state index in [-0.39, 0.29) is 5.82 Å². The molecule has 0 nitrogen and oxygen atoms in total. The van der Waals surface area contributed by atoms with Crippen LogP contribution in [-0.4, -0.2) is 4.83 Å². The Kier molecular flexibility index (Phi) is 5.10. The van der Waals surface area contributed by atoms with Crippen LogP contribution >= 0.6 is 31.9 Å². The monoisotopic (exact) mass is 322 g/mol. The molecule has 1 atom stereocenters. The van der Waals surface area contributed by atoms with Gasteiger partial charge in [0.25, 0.3) is 0 Å². The van der Waals surface area contributed by atoms with E-state index in [2.05, 4.69) is 38.8 Å². The van der Waals surface area contributed by atoms with E-state index in [0.29, 0.717) is 4.83 Å². The van der Waals surface area contributed by atoms with Crippen LogP contribution in [0.25, 0.3) is 0 Å². The predicted molar refractivity (Wildman–Crippen MR) is 65.4 cm³/mol. The molecule has 0 bridgehead atoms.